The maximum Gasteiger partial charge on any atom is 0.522 e. The van der Waals surface area contributed by atoms with Crippen molar-refractivity contribution in [2.75, 3.05) is 23.9 Å². The topological polar surface area (TPSA) is 124 Å². The molecule has 0 aliphatic carbocycles. The molecule has 1 aromatic carbocycles. The van der Waals surface area contributed by atoms with E-state index in [1.54, 1.807) is 0 Å². The maximum absolute atomic E-state index is 14.2. The van der Waals surface area contributed by atoms with Crippen LogP contribution in [0.1, 0.15) is 6.42 Å². The number of sulfonamides is 1. The number of carbonyl (C=O) groups excluding carboxylic acids is 1. The number of nitrogens with one attached hydrogen (secondary N) is 1. The van der Waals surface area contributed by atoms with Crippen LogP contribution in [-0.2, 0) is 19.6 Å². The predicted molar refractivity (Wildman–Crippen MR) is 104 cm³/mol. The number of pyridine rings is 1. The van der Waals surface area contributed by atoms with Crippen LogP contribution in [0, 0.1) is 11.6 Å². The van der Waals surface area contributed by atoms with E-state index in [4.69, 9.17) is 9.88 Å². The van der Waals surface area contributed by atoms with Gasteiger partial charge in [-0.05, 0) is 18.2 Å². The van der Waals surface area contributed by atoms with Gasteiger partial charge in [0.2, 0.25) is 11.7 Å². The lowest BCUT2D eigenvalue weighted by atomic mass is 10.1. The molecule has 15 heteroatoms. The van der Waals surface area contributed by atoms with Crippen LogP contribution in [0.2, 0.25) is 0 Å². The van der Waals surface area contributed by atoms with E-state index in [2.05, 4.69) is 15.0 Å². The molecule has 9 nitrogen and oxygen atoms in total. The Morgan fingerprint density at radius 1 is 1.27 bits per heavy atom. The quantitative estimate of drug-likeness (QED) is 0.588. The number of halogens is 5. The fourth-order valence-corrected chi connectivity index (χ4v) is 3.90. The molecule has 0 bridgehead atoms. The van der Waals surface area contributed by atoms with Gasteiger partial charge in [-0.3, -0.25) is 9.53 Å². The van der Waals surface area contributed by atoms with Crippen molar-refractivity contribution in [3.05, 3.63) is 42.1 Å². The molecule has 1 amide bonds. The number of nitrogens with zero attached hydrogens (tertiary/aromatic N) is 2. The molecule has 2 aromatic rings. The van der Waals surface area contributed by atoms with Gasteiger partial charge in [0.25, 0.3) is 10.0 Å². The number of aromatic nitrogens is 1. The monoisotopic (exact) mass is 496 g/mol. The number of primary sulfonamides is 1. The Bertz CT molecular complexity index is 1160. The molecule has 3 N–H and O–H groups in total. The lowest BCUT2D eigenvalue weighted by Crippen LogP contribution is -2.40. The van der Waals surface area contributed by atoms with E-state index < -0.39 is 69.8 Å². The first-order valence-electron chi connectivity index (χ1n) is 9.13. The first kappa shape index (κ1) is 24.6. The van der Waals surface area contributed by atoms with Crippen molar-refractivity contribution in [2.24, 2.45) is 5.14 Å². The number of nitrogens with two attached hydrogens (primary N) is 1. The summed E-state index contributed by atoms with van der Waals surface area (Å²) in [4.78, 5) is 17.6. The predicted octanol–water partition coefficient (Wildman–Crippen LogP) is 2.14. The Kier molecular flexibility index (Phi) is 6.76. The van der Waals surface area contributed by atoms with Crippen LogP contribution in [-0.4, -0.2) is 51.5 Å². The van der Waals surface area contributed by atoms with Crippen LogP contribution >= 0.6 is 0 Å². The average Bonchev–Trinajstić information content (AvgIpc) is 3.11. The number of alkyl halides is 3. The van der Waals surface area contributed by atoms with Crippen LogP contribution in [0.15, 0.2) is 35.5 Å². The normalized spacial score (nSPS) is 18.9. The van der Waals surface area contributed by atoms with Crippen molar-refractivity contribution in [1.29, 1.82) is 0 Å². The van der Waals surface area contributed by atoms with Crippen molar-refractivity contribution in [3.8, 4) is 5.75 Å². The lowest BCUT2D eigenvalue weighted by molar-refractivity contribution is -0.339. The molecule has 1 fully saturated rings. The number of amides is 1. The van der Waals surface area contributed by atoms with Gasteiger partial charge in [-0.1, -0.05) is 0 Å². The van der Waals surface area contributed by atoms with Crippen LogP contribution in [0.3, 0.4) is 0 Å². The zero-order valence-electron chi connectivity index (χ0n) is 16.8. The van der Waals surface area contributed by atoms with Crippen LogP contribution < -0.4 is 20.1 Å². The van der Waals surface area contributed by atoms with E-state index in [1.165, 1.54) is 6.07 Å². The highest BCUT2D eigenvalue weighted by Crippen LogP contribution is 2.38. The molecule has 0 unspecified atom stereocenters. The van der Waals surface area contributed by atoms with E-state index in [1.807, 2.05) is 0 Å². The molecule has 2 atom stereocenters. The summed E-state index contributed by atoms with van der Waals surface area (Å²) in [5.74, 6) is -4.13. The summed E-state index contributed by atoms with van der Waals surface area (Å²) >= 11 is 0. The summed E-state index contributed by atoms with van der Waals surface area (Å²) in [5, 5.41) is 6.80. The summed E-state index contributed by atoms with van der Waals surface area (Å²) in [7, 11) is -3.16. The third-order valence-corrected chi connectivity index (χ3v) is 5.51. The lowest BCUT2D eigenvalue weighted by Gasteiger charge is -2.27. The fraction of sp³-hybridized carbons (Fsp3) is 0.333. The molecule has 1 saturated heterocycles. The Balaban J connectivity index is 1.95. The van der Waals surface area contributed by atoms with Gasteiger partial charge in [-0.25, -0.2) is 22.9 Å². The van der Waals surface area contributed by atoms with Crippen LogP contribution in [0.5, 0.6) is 5.75 Å². The summed E-state index contributed by atoms with van der Waals surface area (Å²) in [6.45, 7) is -0.502. The zero-order valence-corrected chi connectivity index (χ0v) is 17.6. The van der Waals surface area contributed by atoms with E-state index in [0.29, 0.717) is 0 Å². The van der Waals surface area contributed by atoms with E-state index in [-0.39, 0.29) is 11.4 Å². The van der Waals surface area contributed by atoms with Gasteiger partial charge < -0.3 is 15.0 Å². The van der Waals surface area contributed by atoms with Crippen molar-refractivity contribution >= 4 is 27.3 Å². The SMILES string of the molecule is COc1c(N2C[C@@H](OC(F)(F)F)C[C@@H]2C(=O)Nc2ccnc(S(N)(=O)=O)c2)ccc(F)c1F. The van der Waals surface area contributed by atoms with E-state index >= 15 is 0 Å². The minimum atomic E-state index is -5.00. The number of ether oxygens (including phenoxy) is 2. The van der Waals surface area contributed by atoms with Crippen LogP contribution in [0.25, 0.3) is 0 Å². The molecule has 1 aliphatic rings. The largest absolute Gasteiger partial charge is 0.522 e. The van der Waals surface area contributed by atoms with Gasteiger partial charge in [0, 0.05) is 30.9 Å². The highest BCUT2D eigenvalue weighted by molar-refractivity contribution is 7.89. The number of hydrogen-bond donors (Lipinski definition) is 2. The van der Waals surface area contributed by atoms with Crippen molar-refractivity contribution < 1.29 is 44.6 Å². The Labute approximate surface area is 184 Å². The first-order chi connectivity index (χ1) is 15.3. The van der Waals surface area contributed by atoms with Gasteiger partial charge in [-0.2, -0.15) is 4.39 Å². The third kappa shape index (κ3) is 5.66. The minimum Gasteiger partial charge on any atom is -0.491 e. The van der Waals surface area contributed by atoms with Gasteiger partial charge in [-0.15, -0.1) is 13.2 Å². The third-order valence-electron chi connectivity index (χ3n) is 4.70. The highest BCUT2D eigenvalue weighted by atomic mass is 32.2. The first-order valence-corrected chi connectivity index (χ1v) is 10.7. The second kappa shape index (κ2) is 9.07. The zero-order chi connectivity index (χ0) is 24.6. The molecule has 0 spiro atoms. The number of hydrogen-bond acceptors (Lipinski definition) is 7. The van der Waals surface area contributed by atoms with Crippen LogP contribution in [0.4, 0.5) is 33.3 Å². The molecule has 0 radical (unpaired) electrons. The van der Waals surface area contributed by atoms with Gasteiger partial charge >= 0.3 is 6.36 Å². The maximum atomic E-state index is 14.2. The van der Waals surface area contributed by atoms with Crippen molar-refractivity contribution in [1.82, 2.24) is 4.98 Å². The second-order valence-corrected chi connectivity index (χ2v) is 8.43. The van der Waals surface area contributed by atoms with Crippen molar-refractivity contribution in [3.63, 3.8) is 0 Å². The summed E-state index contributed by atoms with van der Waals surface area (Å²) in [6.07, 6.45) is -5.94. The molecule has 1 aliphatic heterocycles. The molecule has 2 heterocycles. The summed E-state index contributed by atoms with van der Waals surface area (Å²) in [6, 6.07) is 2.63. The smallest absolute Gasteiger partial charge is 0.491 e. The summed E-state index contributed by atoms with van der Waals surface area (Å²) in [5.41, 5.74) is -0.235. The molecule has 0 saturated carbocycles. The minimum absolute atomic E-state index is 0.0589. The molecular formula is C18H17F5N4O5S. The number of methoxy groups -OCH3 is 1. The molecule has 33 heavy (non-hydrogen) atoms. The molecular weight excluding hydrogens is 479 g/mol. The number of rotatable bonds is 6. The Morgan fingerprint density at radius 2 is 1.97 bits per heavy atom. The average molecular weight is 496 g/mol. The van der Waals surface area contributed by atoms with E-state index in [0.717, 1.165) is 36.4 Å². The summed E-state index contributed by atoms with van der Waals surface area (Å²) < 4.78 is 98.0. The molecule has 180 valence electrons. The molecule has 3 rings (SSSR count). The van der Waals surface area contributed by atoms with E-state index in [9.17, 15) is 35.2 Å². The number of anilines is 2. The highest BCUT2D eigenvalue weighted by Gasteiger charge is 2.44. The van der Waals surface area contributed by atoms with Gasteiger partial charge in [0.1, 0.15) is 6.04 Å². The number of carbonyl (C=O) groups is 1. The second-order valence-electron chi connectivity index (χ2n) is 6.92. The Morgan fingerprint density at radius 3 is 2.58 bits per heavy atom. The van der Waals surface area contributed by atoms with Crippen molar-refractivity contribution in [2.45, 2.75) is 30.0 Å². The molecule has 1 aromatic heterocycles. The fourth-order valence-electron chi connectivity index (χ4n) is 3.40. The Hall–Kier alpha value is -3.04. The van der Waals surface area contributed by atoms with Gasteiger partial charge in [0.15, 0.2) is 16.6 Å². The standard InChI is InChI=1S/C18H17F5N4O5S/c1-31-16-12(3-2-11(19)15(16)20)27-8-10(32-18(21,22)23)7-13(27)17(28)26-9-4-5-25-14(6-9)33(24,29)30/h2-6,10,13H,7-8H2,1H3,(H2,24,29,30)(H,25,26,28)/t10-,13+/m0/s1. The number of benzene rings is 1. The van der Waals surface area contributed by atoms with Gasteiger partial charge in [0.05, 0.1) is 18.9 Å².